The number of nitrogens with one attached hydrogen (secondary N) is 2. The summed E-state index contributed by atoms with van der Waals surface area (Å²) in [6.07, 6.45) is 12.0. The van der Waals surface area contributed by atoms with Gasteiger partial charge in [0.1, 0.15) is 18.0 Å². The SMILES string of the molecule is C1=C(CCNc2cc(NCc3ccccn3)ncn2)CCCC1. The van der Waals surface area contributed by atoms with Gasteiger partial charge in [-0.3, -0.25) is 4.98 Å². The minimum atomic E-state index is 0.657. The molecule has 0 aliphatic heterocycles. The largest absolute Gasteiger partial charge is 0.370 e. The van der Waals surface area contributed by atoms with Crippen molar-refractivity contribution in [3.05, 3.63) is 54.1 Å². The molecule has 0 atom stereocenters. The second-order valence-corrected chi connectivity index (χ2v) is 5.75. The third kappa shape index (κ3) is 5.06. The summed E-state index contributed by atoms with van der Waals surface area (Å²) in [5, 5.41) is 6.66. The second-order valence-electron chi connectivity index (χ2n) is 5.75. The van der Waals surface area contributed by atoms with Crippen molar-refractivity contribution in [2.45, 2.75) is 38.6 Å². The van der Waals surface area contributed by atoms with Crippen molar-refractivity contribution in [3.8, 4) is 0 Å². The predicted molar refractivity (Wildman–Crippen MR) is 93.3 cm³/mol. The standard InChI is InChI=1S/C18H23N5/c1-2-6-15(7-3-1)9-11-20-17-12-18(23-14-22-17)21-13-16-8-4-5-10-19-16/h4-6,8,10,12,14H,1-3,7,9,11,13H2,(H2,20,21,22,23). The molecule has 2 aromatic rings. The highest BCUT2D eigenvalue weighted by Crippen LogP contribution is 2.20. The maximum Gasteiger partial charge on any atom is 0.131 e. The Morgan fingerprint density at radius 2 is 1.91 bits per heavy atom. The van der Waals surface area contributed by atoms with Gasteiger partial charge in [-0.05, 0) is 44.2 Å². The minimum Gasteiger partial charge on any atom is -0.370 e. The van der Waals surface area contributed by atoms with Crippen molar-refractivity contribution in [1.82, 2.24) is 15.0 Å². The van der Waals surface area contributed by atoms with E-state index in [2.05, 4.69) is 31.7 Å². The average Bonchev–Trinajstić information content (AvgIpc) is 2.62. The molecule has 5 nitrogen and oxygen atoms in total. The maximum absolute atomic E-state index is 4.29. The maximum atomic E-state index is 4.29. The molecule has 23 heavy (non-hydrogen) atoms. The molecule has 3 rings (SSSR count). The lowest BCUT2D eigenvalue weighted by molar-refractivity contribution is 0.679. The first-order valence-corrected chi connectivity index (χ1v) is 8.28. The number of hydrogen-bond acceptors (Lipinski definition) is 5. The molecular weight excluding hydrogens is 286 g/mol. The fourth-order valence-electron chi connectivity index (χ4n) is 2.72. The van der Waals surface area contributed by atoms with Gasteiger partial charge in [0.2, 0.25) is 0 Å². The van der Waals surface area contributed by atoms with Crippen molar-refractivity contribution in [3.63, 3.8) is 0 Å². The average molecular weight is 309 g/mol. The molecule has 2 N–H and O–H groups in total. The zero-order valence-corrected chi connectivity index (χ0v) is 13.3. The molecule has 0 fully saturated rings. The molecule has 5 heteroatoms. The van der Waals surface area contributed by atoms with E-state index in [-0.39, 0.29) is 0 Å². The molecule has 0 aromatic carbocycles. The van der Waals surface area contributed by atoms with Gasteiger partial charge in [-0.1, -0.05) is 17.7 Å². The third-order valence-corrected chi connectivity index (χ3v) is 3.98. The number of hydrogen-bond donors (Lipinski definition) is 2. The van der Waals surface area contributed by atoms with Crippen LogP contribution in [0.1, 0.15) is 37.8 Å². The quantitative estimate of drug-likeness (QED) is 0.762. The van der Waals surface area contributed by atoms with Crippen LogP contribution in [0.5, 0.6) is 0 Å². The number of anilines is 2. The van der Waals surface area contributed by atoms with Crippen LogP contribution >= 0.6 is 0 Å². The van der Waals surface area contributed by atoms with Gasteiger partial charge in [0.15, 0.2) is 0 Å². The Hall–Kier alpha value is -2.43. The molecule has 0 bridgehead atoms. The van der Waals surface area contributed by atoms with Crippen LogP contribution in [0, 0.1) is 0 Å². The topological polar surface area (TPSA) is 62.7 Å². The summed E-state index contributed by atoms with van der Waals surface area (Å²) in [5.41, 5.74) is 2.57. The molecule has 0 saturated carbocycles. The lowest BCUT2D eigenvalue weighted by Gasteiger charge is -2.13. The highest BCUT2D eigenvalue weighted by molar-refractivity contribution is 5.46. The first-order chi connectivity index (χ1) is 11.4. The van der Waals surface area contributed by atoms with E-state index in [1.807, 2.05) is 24.3 Å². The lowest BCUT2D eigenvalue weighted by Crippen LogP contribution is -2.08. The molecule has 120 valence electrons. The molecule has 1 aliphatic rings. The predicted octanol–water partition coefficient (Wildman–Crippen LogP) is 3.79. The Balaban J connectivity index is 1.48. The fourth-order valence-corrected chi connectivity index (χ4v) is 2.72. The van der Waals surface area contributed by atoms with Gasteiger partial charge in [0, 0.05) is 18.8 Å². The van der Waals surface area contributed by atoms with Crippen LogP contribution in [0.15, 0.2) is 48.4 Å². The normalized spacial score (nSPS) is 14.2. The van der Waals surface area contributed by atoms with E-state index in [9.17, 15) is 0 Å². The fraction of sp³-hybridized carbons (Fsp3) is 0.389. The number of aromatic nitrogens is 3. The van der Waals surface area contributed by atoms with Crippen LogP contribution in [-0.2, 0) is 6.54 Å². The highest BCUT2D eigenvalue weighted by Gasteiger charge is 2.04. The van der Waals surface area contributed by atoms with Crippen molar-refractivity contribution in [1.29, 1.82) is 0 Å². The summed E-state index contributed by atoms with van der Waals surface area (Å²) in [7, 11) is 0. The first kappa shape index (κ1) is 15.5. The van der Waals surface area contributed by atoms with E-state index in [1.165, 1.54) is 25.7 Å². The van der Waals surface area contributed by atoms with E-state index in [0.717, 1.165) is 30.3 Å². The van der Waals surface area contributed by atoms with Gasteiger partial charge in [0.05, 0.1) is 12.2 Å². The second kappa shape index (κ2) is 8.27. The molecule has 2 aromatic heterocycles. The van der Waals surface area contributed by atoms with E-state index in [0.29, 0.717) is 6.54 Å². The van der Waals surface area contributed by atoms with Crippen molar-refractivity contribution < 1.29 is 0 Å². The summed E-state index contributed by atoms with van der Waals surface area (Å²) in [5.74, 6) is 1.67. The number of rotatable bonds is 7. The molecule has 1 aliphatic carbocycles. The number of nitrogens with zero attached hydrogens (tertiary/aromatic N) is 3. The molecular formula is C18H23N5. The Morgan fingerprint density at radius 1 is 1.00 bits per heavy atom. The van der Waals surface area contributed by atoms with Gasteiger partial charge in [-0.15, -0.1) is 0 Å². The summed E-state index contributed by atoms with van der Waals surface area (Å²) < 4.78 is 0. The van der Waals surface area contributed by atoms with E-state index in [1.54, 1.807) is 18.1 Å². The molecule has 2 heterocycles. The third-order valence-electron chi connectivity index (χ3n) is 3.98. The molecule has 0 radical (unpaired) electrons. The zero-order chi connectivity index (χ0) is 15.7. The van der Waals surface area contributed by atoms with Crippen LogP contribution < -0.4 is 10.6 Å². The number of allylic oxidation sites excluding steroid dienone is 1. The summed E-state index contributed by atoms with van der Waals surface area (Å²) in [6.45, 7) is 1.58. The Labute approximate surface area is 137 Å². The molecule has 0 saturated heterocycles. The van der Waals surface area contributed by atoms with Gasteiger partial charge in [0.25, 0.3) is 0 Å². The van der Waals surface area contributed by atoms with Gasteiger partial charge < -0.3 is 10.6 Å². The minimum absolute atomic E-state index is 0.657. The lowest BCUT2D eigenvalue weighted by atomic mass is 9.97. The smallest absolute Gasteiger partial charge is 0.131 e. The highest BCUT2D eigenvalue weighted by atomic mass is 15.1. The molecule has 0 spiro atoms. The van der Waals surface area contributed by atoms with Crippen LogP contribution in [0.3, 0.4) is 0 Å². The van der Waals surface area contributed by atoms with Crippen LogP contribution in [0.4, 0.5) is 11.6 Å². The Morgan fingerprint density at radius 3 is 2.70 bits per heavy atom. The summed E-state index contributed by atoms with van der Waals surface area (Å²) in [6, 6.07) is 7.83. The van der Waals surface area contributed by atoms with Gasteiger partial charge >= 0.3 is 0 Å². The Kier molecular flexibility index (Phi) is 5.56. The van der Waals surface area contributed by atoms with Gasteiger partial charge in [-0.25, -0.2) is 9.97 Å². The van der Waals surface area contributed by atoms with Crippen molar-refractivity contribution in [2.75, 3.05) is 17.2 Å². The summed E-state index contributed by atoms with van der Waals surface area (Å²) >= 11 is 0. The van der Waals surface area contributed by atoms with Crippen molar-refractivity contribution >= 4 is 11.6 Å². The molecule has 0 amide bonds. The van der Waals surface area contributed by atoms with E-state index in [4.69, 9.17) is 0 Å². The monoisotopic (exact) mass is 309 g/mol. The Bertz CT molecular complexity index is 639. The molecule has 0 unspecified atom stereocenters. The summed E-state index contributed by atoms with van der Waals surface area (Å²) in [4.78, 5) is 12.8. The van der Waals surface area contributed by atoms with Crippen LogP contribution in [0.2, 0.25) is 0 Å². The first-order valence-electron chi connectivity index (χ1n) is 8.28. The van der Waals surface area contributed by atoms with Gasteiger partial charge in [-0.2, -0.15) is 0 Å². The van der Waals surface area contributed by atoms with Crippen LogP contribution in [-0.4, -0.2) is 21.5 Å². The van der Waals surface area contributed by atoms with E-state index < -0.39 is 0 Å². The zero-order valence-electron chi connectivity index (χ0n) is 13.3. The van der Waals surface area contributed by atoms with Crippen molar-refractivity contribution in [2.24, 2.45) is 0 Å². The van der Waals surface area contributed by atoms with E-state index >= 15 is 0 Å². The van der Waals surface area contributed by atoms with Crippen LogP contribution in [0.25, 0.3) is 0 Å². The number of pyridine rings is 1.